The number of nitrogens with one attached hydrogen (secondary N) is 1. The molecule has 3 N–H and O–H groups in total. The predicted octanol–water partition coefficient (Wildman–Crippen LogP) is 1.66. The van der Waals surface area contributed by atoms with Gasteiger partial charge in [0.2, 0.25) is 0 Å². The molecule has 1 aromatic heterocycles. The summed E-state index contributed by atoms with van der Waals surface area (Å²) in [6.07, 6.45) is 3.38. The Morgan fingerprint density at radius 1 is 0.857 bits per heavy atom. The van der Waals surface area contributed by atoms with Gasteiger partial charge in [0.1, 0.15) is 17.2 Å². The molecule has 0 fully saturated rings. The third kappa shape index (κ3) is 3.42. The van der Waals surface area contributed by atoms with Crippen molar-refractivity contribution < 1.29 is 14.2 Å². The number of rotatable bonds is 6. The smallest absolute Gasteiger partial charge is 0.137 e. The summed E-state index contributed by atoms with van der Waals surface area (Å²) >= 11 is 0. The van der Waals surface area contributed by atoms with Gasteiger partial charge in [-0.25, -0.2) is 5.43 Å². The van der Waals surface area contributed by atoms with Gasteiger partial charge in [-0.2, -0.15) is 0 Å². The first kappa shape index (κ1) is 15.1. The molecule has 1 aromatic carbocycles. The van der Waals surface area contributed by atoms with Crippen LogP contribution in [0.4, 0.5) is 0 Å². The molecule has 0 radical (unpaired) electrons. The second-order valence-corrected chi connectivity index (χ2v) is 4.40. The first-order valence-electron chi connectivity index (χ1n) is 6.39. The third-order valence-corrected chi connectivity index (χ3v) is 3.18. The Balaban J connectivity index is 2.44. The van der Waals surface area contributed by atoms with Crippen LogP contribution in [0.2, 0.25) is 0 Å². The van der Waals surface area contributed by atoms with Gasteiger partial charge in [0.05, 0.1) is 33.6 Å². The highest BCUT2D eigenvalue weighted by Gasteiger charge is 2.16. The summed E-state index contributed by atoms with van der Waals surface area (Å²) < 4.78 is 15.8. The molecule has 0 saturated carbocycles. The molecule has 21 heavy (non-hydrogen) atoms. The topological polar surface area (TPSA) is 78.6 Å². The normalized spacial score (nSPS) is 11.8. The number of pyridine rings is 1. The van der Waals surface area contributed by atoms with Gasteiger partial charge in [-0.1, -0.05) is 0 Å². The maximum atomic E-state index is 5.71. The van der Waals surface area contributed by atoms with E-state index in [2.05, 4.69) is 10.4 Å². The van der Waals surface area contributed by atoms with Gasteiger partial charge >= 0.3 is 0 Å². The predicted molar refractivity (Wildman–Crippen MR) is 79.5 cm³/mol. The summed E-state index contributed by atoms with van der Waals surface area (Å²) in [7, 11) is 4.81. The molecular formula is C15H19N3O3. The highest BCUT2D eigenvalue weighted by atomic mass is 16.5. The van der Waals surface area contributed by atoms with Crippen molar-refractivity contribution in [3.63, 3.8) is 0 Å². The standard InChI is InChI=1S/C15H19N3O3/c1-19-12-4-10(5-13(7-12)20-2)15(18-16)11-6-14(21-3)9-17-8-11/h4-9,15,18H,16H2,1-3H3. The van der Waals surface area contributed by atoms with Crippen LogP contribution in [0.3, 0.4) is 0 Å². The first-order valence-corrected chi connectivity index (χ1v) is 6.39. The summed E-state index contributed by atoms with van der Waals surface area (Å²) in [4.78, 5) is 4.15. The van der Waals surface area contributed by atoms with Crippen LogP contribution in [0.15, 0.2) is 36.7 Å². The van der Waals surface area contributed by atoms with E-state index in [4.69, 9.17) is 20.1 Å². The van der Waals surface area contributed by atoms with Crippen LogP contribution in [0, 0.1) is 0 Å². The number of ether oxygens (including phenoxy) is 3. The van der Waals surface area contributed by atoms with Crippen molar-refractivity contribution in [1.29, 1.82) is 0 Å². The van der Waals surface area contributed by atoms with Gasteiger partial charge in [-0.05, 0) is 29.3 Å². The minimum absolute atomic E-state index is 0.253. The Morgan fingerprint density at radius 2 is 1.43 bits per heavy atom. The molecule has 0 aliphatic rings. The molecule has 1 unspecified atom stereocenters. The summed E-state index contributed by atoms with van der Waals surface area (Å²) in [5.41, 5.74) is 4.57. The summed E-state index contributed by atoms with van der Waals surface area (Å²) in [6, 6.07) is 7.22. The zero-order valence-corrected chi connectivity index (χ0v) is 12.3. The second-order valence-electron chi connectivity index (χ2n) is 4.40. The van der Waals surface area contributed by atoms with Gasteiger partial charge < -0.3 is 14.2 Å². The highest BCUT2D eigenvalue weighted by Crippen LogP contribution is 2.30. The quantitative estimate of drug-likeness (QED) is 0.622. The van der Waals surface area contributed by atoms with Crippen LogP contribution in [0.1, 0.15) is 17.2 Å². The second kappa shape index (κ2) is 6.92. The molecule has 0 amide bonds. The summed E-state index contributed by atoms with van der Waals surface area (Å²) in [5, 5.41) is 0. The highest BCUT2D eigenvalue weighted by molar-refractivity contribution is 5.43. The number of aromatic nitrogens is 1. The van der Waals surface area contributed by atoms with Gasteiger partial charge in [-0.3, -0.25) is 10.8 Å². The molecular weight excluding hydrogens is 270 g/mol. The van der Waals surface area contributed by atoms with Crippen molar-refractivity contribution >= 4 is 0 Å². The van der Waals surface area contributed by atoms with Gasteiger partial charge in [0.25, 0.3) is 0 Å². The summed E-state index contributed by atoms with van der Waals surface area (Å²) in [6.45, 7) is 0. The zero-order valence-electron chi connectivity index (χ0n) is 12.3. The largest absolute Gasteiger partial charge is 0.497 e. The lowest BCUT2D eigenvalue weighted by molar-refractivity contribution is 0.392. The molecule has 1 atom stereocenters. The van der Waals surface area contributed by atoms with Crippen molar-refractivity contribution in [2.24, 2.45) is 5.84 Å². The Hall–Kier alpha value is -2.31. The van der Waals surface area contributed by atoms with E-state index < -0.39 is 0 Å². The summed E-state index contributed by atoms with van der Waals surface area (Å²) in [5.74, 6) is 7.77. The maximum absolute atomic E-state index is 5.71. The molecule has 0 spiro atoms. The fraction of sp³-hybridized carbons (Fsp3) is 0.267. The molecule has 1 heterocycles. The lowest BCUT2D eigenvalue weighted by atomic mass is 10.00. The molecule has 6 nitrogen and oxygen atoms in total. The minimum atomic E-state index is -0.253. The van der Waals surface area contributed by atoms with Crippen molar-refractivity contribution in [3.05, 3.63) is 47.8 Å². The first-order chi connectivity index (χ1) is 10.2. The van der Waals surface area contributed by atoms with Crippen molar-refractivity contribution in [3.8, 4) is 17.2 Å². The number of hydrogen-bond acceptors (Lipinski definition) is 6. The van der Waals surface area contributed by atoms with Crippen LogP contribution in [0.25, 0.3) is 0 Å². The van der Waals surface area contributed by atoms with Crippen LogP contribution in [0.5, 0.6) is 17.2 Å². The van der Waals surface area contributed by atoms with Crippen LogP contribution in [-0.4, -0.2) is 26.3 Å². The van der Waals surface area contributed by atoms with E-state index in [0.29, 0.717) is 17.2 Å². The average Bonchev–Trinajstić information content (AvgIpc) is 2.55. The Labute approximate surface area is 123 Å². The van der Waals surface area contributed by atoms with Gasteiger partial charge in [0.15, 0.2) is 0 Å². The molecule has 0 aliphatic carbocycles. The number of nitrogens with two attached hydrogens (primary N) is 1. The Morgan fingerprint density at radius 3 is 1.95 bits per heavy atom. The van der Waals surface area contributed by atoms with Gasteiger partial charge in [0, 0.05) is 12.3 Å². The lowest BCUT2D eigenvalue weighted by Crippen LogP contribution is -2.29. The van der Waals surface area contributed by atoms with E-state index in [1.165, 1.54) is 0 Å². The fourth-order valence-corrected chi connectivity index (χ4v) is 2.09. The SMILES string of the molecule is COc1cncc(C(NN)c2cc(OC)cc(OC)c2)c1. The Kier molecular flexibility index (Phi) is 4.97. The van der Waals surface area contributed by atoms with Crippen molar-refractivity contribution in [1.82, 2.24) is 10.4 Å². The number of benzene rings is 1. The molecule has 0 saturated heterocycles. The fourth-order valence-electron chi connectivity index (χ4n) is 2.09. The number of hydrazine groups is 1. The molecule has 0 aliphatic heterocycles. The van der Waals surface area contributed by atoms with E-state index in [1.807, 2.05) is 18.2 Å². The molecule has 112 valence electrons. The number of hydrogen-bond donors (Lipinski definition) is 2. The minimum Gasteiger partial charge on any atom is -0.497 e. The monoisotopic (exact) mass is 289 g/mol. The van der Waals surface area contributed by atoms with Gasteiger partial charge in [-0.15, -0.1) is 0 Å². The lowest BCUT2D eigenvalue weighted by Gasteiger charge is -2.18. The molecule has 2 rings (SSSR count). The average molecular weight is 289 g/mol. The van der Waals surface area contributed by atoms with E-state index in [0.717, 1.165) is 11.1 Å². The number of nitrogens with zero attached hydrogens (tertiary/aromatic N) is 1. The molecule has 0 bridgehead atoms. The maximum Gasteiger partial charge on any atom is 0.137 e. The number of methoxy groups -OCH3 is 3. The molecule has 6 heteroatoms. The van der Waals surface area contributed by atoms with Crippen molar-refractivity contribution in [2.75, 3.05) is 21.3 Å². The van der Waals surface area contributed by atoms with E-state index in [9.17, 15) is 0 Å². The van der Waals surface area contributed by atoms with Crippen LogP contribution >= 0.6 is 0 Å². The van der Waals surface area contributed by atoms with E-state index in [-0.39, 0.29) is 6.04 Å². The van der Waals surface area contributed by atoms with Crippen LogP contribution < -0.4 is 25.5 Å². The Bertz CT molecular complexity index is 582. The van der Waals surface area contributed by atoms with E-state index in [1.54, 1.807) is 39.8 Å². The van der Waals surface area contributed by atoms with Crippen molar-refractivity contribution in [2.45, 2.75) is 6.04 Å². The van der Waals surface area contributed by atoms with Crippen LogP contribution in [-0.2, 0) is 0 Å². The van der Waals surface area contributed by atoms with E-state index >= 15 is 0 Å². The zero-order chi connectivity index (χ0) is 15.2. The molecule has 2 aromatic rings. The third-order valence-electron chi connectivity index (χ3n) is 3.18.